The van der Waals surface area contributed by atoms with Gasteiger partial charge in [0.05, 0.1) is 6.10 Å². The number of carbonyl (C=O) groups is 1. The van der Waals surface area contributed by atoms with E-state index in [0.29, 0.717) is 6.42 Å². The van der Waals surface area contributed by atoms with E-state index in [9.17, 15) is 4.79 Å². The molecule has 0 aromatic heterocycles. The van der Waals surface area contributed by atoms with Crippen LogP contribution in [0.1, 0.15) is 38.3 Å². The number of benzene rings is 2. The summed E-state index contributed by atoms with van der Waals surface area (Å²) in [5, 5.41) is 2.91. The van der Waals surface area contributed by atoms with Crippen LogP contribution in [0.5, 0.6) is 11.5 Å². The normalized spacial score (nSPS) is 11.9. The zero-order chi connectivity index (χ0) is 18.4. The molecule has 2 aromatic rings. The zero-order valence-corrected chi connectivity index (χ0v) is 15.6. The van der Waals surface area contributed by atoms with Gasteiger partial charge in [0.25, 0.3) is 5.91 Å². The lowest BCUT2D eigenvalue weighted by molar-refractivity contribution is -0.122. The molecular formula is C21H27NO3. The van der Waals surface area contributed by atoms with Crippen LogP contribution >= 0.6 is 0 Å². The monoisotopic (exact) mass is 341 g/mol. The third-order valence-electron chi connectivity index (χ3n) is 3.98. The summed E-state index contributed by atoms with van der Waals surface area (Å²) in [5.74, 6) is 1.38. The van der Waals surface area contributed by atoms with Gasteiger partial charge in [-0.3, -0.25) is 4.79 Å². The SMILES string of the molecule is CC[C@H](Oc1cccc(C)c1C)C(=O)Nc1ccc(OC(C)C)cc1. The van der Waals surface area contributed by atoms with Crippen molar-refractivity contribution in [3.63, 3.8) is 0 Å². The standard InChI is InChI=1S/C21H27NO3/c1-6-19(25-20-9-7-8-15(4)16(20)5)21(23)22-17-10-12-18(13-11-17)24-14(2)3/h7-14,19H,6H2,1-5H3,(H,22,23)/t19-/m0/s1. The Hall–Kier alpha value is -2.49. The molecule has 25 heavy (non-hydrogen) atoms. The Morgan fingerprint density at radius 2 is 1.72 bits per heavy atom. The molecule has 0 radical (unpaired) electrons. The average Bonchev–Trinajstić information content (AvgIpc) is 2.57. The van der Waals surface area contributed by atoms with Gasteiger partial charge in [-0.15, -0.1) is 0 Å². The van der Waals surface area contributed by atoms with Crippen LogP contribution < -0.4 is 14.8 Å². The predicted octanol–water partition coefficient (Wildman–Crippen LogP) is 4.89. The lowest BCUT2D eigenvalue weighted by Gasteiger charge is -2.19. The van der Waals surface area contributed by atoms with Gasteiger partial charge in [-0.2, -0.15) is 0 Å². The third-order valence-corrected chi connectivity index (χ3v) is 3.98. The molecule has 0 bridgehead atoms. The molecule has 0 aliphatic carbocycles. The van der Waals surface area contributed by atoms with E-state index in [-0.39, 0.29) is 12.0 Å². The van der Waals surface area contributed by atoms with Crippen molar-refractivity contribution < 1.29 is 14.3 Å². The van der Waals surface area contributed by atoms with E-state index < -0.39 is 6.10 Å². The molecular weight excluding hydrogens is 314 g/mol. The topological polar surface area (TPSA) is 47.6 Å². The quantitative estimate of drug-likeness (QED) is 0.780. The highest BCUT2D eigenvalue weighted by molar-refractivity contribution is 5.94. The van der Waals surface area contributed by atoms with Crippen molar-refractivity contribution >= 4 is 11.6 Å². The van der Waals surface area contributed by atoms with E-state index in [1.807, 2.05) is 77.1 Å². The molecule has 0 aliphatic heterocycles. The maximum Gasteiger partial charge on any atom is 0.265 e. The number of aryl methyl sites for hydroxylation is 1. The minimum absolute atomic E-state index is 0.121. The van der Waals surface area contributed by atoms with Gasteiger partial charge in [-0.1, -0.05) is 19.1 Å². The summed E-state index contributed by atoms with van der Waals surface area (Å²) in [5.41, 5.74) is 2.93. The number of carbonyl (C=O) groups excluding carboxylic acids is 1. The molecule has 0 saturated heterocycles. The molecule has 1 N–H and O–H groups in total. The van der Waals surface area contributed by atoms with Crippen molar-refractivity contribution in [2.75, 3.05) is 5.32 Å². The molecule has 1 amide bonds. The number of amides is 1. The molecule has 0 fully saturated rings. The molecule has 0 heterocycles. The number of anilines is 1. The van der Waals surface area contributed by atoms with Crippen LogP contribution in [0.2, 0.25) is 0 Å². The Balaban J connectivity index is 2.03. The number of hydrogen-bond donors (Lipinski definition) is 1. The fraction of sp³-hybridized carbons (Fsp3) is 0.381. The highest BCUT2D eigenvalue weighted by Crippen LogP contribution is 2.23. The lowest BCUT2D eigenvalue weighted by Crippen LogP contribution is -2.32. The van der Waals surface area contributed by atoms with Crippen molar-refractivity contribution in [2.45, 2.75) is 53.2 Å². The first-order valence-electron chi connectivity index (χ1n) is 8.71. The van der Waals surface area contributed by atoms with Gasteiger partial charge in [-0.25, -0.2) is 0 Å². The number of hydrogen-bond acceptors (Lipinski definition) is 3. The van der Waals surface area contributed by atoms with Crippen molar-refractivity contribution in [3.8, 4) is 11.5 Å². The molecule has 1 atom stereocenters. The predicted molar refractivity (Wildman–Crippen MR) is 101 cm³/mol. The molecule has 4 heteroatoms. The highest BCUT2D eigenvalue weighted by Gasteiger charge is 2.19. The first kappa shape index (κ1) is 18.8. The molecule has 0 saturated carbocycles. The van der Waals surface area contributed by atoms with Crippen LogP contribution in [-0.4, -0.2) is 18.1 Å². The zero-order valence-electron chi connectivity index (χ0n) is 15.6. The number of ether oxygens (including phenoxy) is 2. The van der Waals surface area contributed by atoms with E-state index in [0.717, 1.165) is 28.3 Å². The smallest absolute Gasteiger partial charge is 0.265 e. The second-order valence-corrected chi connectivity index (χ2v) is 6.39. The third kappa shape index (κ3) is 5.24. The van der Waals surface area contributed by atoms with Gasteiger partial charge >= 0.3 is 0 Å². The Kier molecular flexibility index (Phi) is 6.45. The molecule has 4 nitrogen and oxygen atoms in total. The lowest BCUT2D eigenvalue weighted by atomic mass is 10.1. The van der Waals surface area contributed by atoms with Crippen LogP contribution in [0.3, 0.4) is 0 Å². The molecule has 2 rings (SSSR count). The van der Waals surface area contributed by atoms with Gasteiger partial charge in [-0.05, 0) is 75.6 Å². The van der Waals surface area contributed by atoms with E-state index in [1.54, 1.807) is 0 Å². The van der Waals surface area contributed by atoms with Crippen molar-refractivity contribution in [1.29, 1.82) is 0 Å². The van der Waals surface area contributed by atoms with Gasteiger partial charge in [0.1, 0.15) is 11.5 Å². The summed E-state index contributed by atoms with van der Waals surface area (Å²) in [7, 11) is 0. The van der Waals surface area contributed by atoms with Gasteiger partial charge in [0.15, 0.2) is 6.10 Å². The summed E-state index contributed by atoms with van der Waals surface area (Å²) in [6.07, 6.45) is 0.177. The van der Waals surface area contributed by atoms with Crippen molar-refractivity contribution in [3.05, 3.63) is 53.6 Å². The Bertz CT molecular complexity index is 708. The number of nitrogens with one attached hydrogen (secondary N) is 1. The van der Waals surface area contributed by atoms with Gasteiger partial charge in [0, 0.05) is 5.69 Å². The fourth-order valence-corrected chi connectivity index (χ4v) is 2.44. The summed E-state index contributed by atoms with van der Waals surface area (Å²) in [6.45, 7) is 9.93. The highest BCUT2D eigenvalue weighted by atomic mass is 16.5. The van der Waals surface area contributed by atoms with Crippen molar-refractivity contribution in [1.82, 2.24) is 0 Å². The van der Waals surface area contributed by atoms with E-state index in [1.165, 1.54) is 0 Å². The summed E-state index contributed by atoms with van der Waals surface area (Å²) in [6, 6.07) is 13.2. The first-order chi connectivity index (χ1) is 11.9. The molecule has 134 valence electrons. The van der Waals surface area contributed by atoms with Gasteiger partial charge in [0.2, 0.25) is 0 Å². The summed E-state index contributed by atoms with van der Waals surface area (Å²) in [4.78, 5) is 12.5. The van der Waals surface area contributed by atoms with Crippen LogP contribution in [0.4, 0.5) is 5.69 Å². The number of rotatable bonds is 7. The summed E-state index contributed by atoms with van der Waals surface area (Å²) < 4.78 is 11.6. The summed E-state index contributed by atoms with van der Waals surface area (Å²) >= 11 is 0. The van der Waals surface area contributed by atoms with E-state index in [4.69, 9.17) is 9.47 Å². The molecule has 2 aromatic carbocycles. The first-order valence-corrected chi connectivity index (χ1v) is 8.71. The molecule has 0 spiro atoms. The van der Waals surface area contributed by atoms with E-state index >= 15 is 0 Å². The van der Waals surface area contributed by atoms with Crippen LogP contribution in [0.15, 0.2) is 42.5 Å². The Morgan fingerprint density at radius 3 is 2.32 bits per heavy atom. The fourth-order valence-electron chi connectivity index (χ4n) is 2.44. The van der Waals surface area contributed by atoms with Crippen LogP contribution in [0.25, 0.3) is 0 Å². The van der Waals surface area contributed by atoms with Crippen LogP contribution in [-0.2, 0) is 4.79 Å². The molecule has 0 aliphatic rings. The minimum Gasteiger partial charge on any atom is -0.491 e. The Morgan fingerprint density at radius 1 is 1.04 bits per heavy atom. The van der Waals surface area contributed by atoms with E-state index in [2.05, 4.69) is 5.32 Å². The van der Waals surface area contributed by atoms with Gasteiger partial charge < -0.3 is 14.8 Å². The second-order valence-electron chi connectivity index (χ2n) is 6.39. The second kappa shape index (κ2) is 8.56. The Labute approximate surface area is 150 Å². The van der Waals surface area contributed by atoms with Crippen LogP contribution in [0, 0.1) is 13.8 Å². The molecule has 0 unspecified atom stereocenters. The largest absolute Gasteiger partial charge is 0.491 e. The maximum atomic E-state index is 12.5. The maximum absolute atomic E-state index is 12.5. The minimum atomic E-state index is -0.535. The van der Waals surface area contributed by atoms with Crippen molar-refractivity contribution in [2.24, 2.45) is 0 Å². The average molecular weight is 341 g/mol.